The van der Waals surface area contributed by atoms with Gasteiger partial charge in [0, 0.05) is 30.7 Å². The second-order valence-electron chi connectivity index (χ2n) is 4.81. The highest BCUT2D eigenvalue weighted by atomic mass is 32.2. The van der Waals surface area contributed by atoms with Gasteiger partial charge < -0.3 is 5.32 Å². The Balaban J connectivity index is 2.03. The standard InChI is InChI=1S/C14H20N4O2S/c1-3-15-13-5-7-14(8-6-13)21(19,20)17-12(2)11-18-10-4-9-16-18/h4-10,12,15,17H,3,11H2,1-2H3. The Morgan fingerprint density at radius 3 is 2.57 bits per heavy atom. The van der Waals surface area contributed by atoms with E-state index in [4.69, 9.17) is 0 Å². The van der Waals surface area contributed by atoms with E-state index in [1.165, 1.54) is 0 Å². The first-order valence-electron chi connectivity index (χ1n) is 6.85. The zero-order valence-electron chi connectivity index (χ0n) is 12.2. The highest BCUT2D eigenvalue weighted by molar-refractivity contribution is 7.89. The minimum absolute atomic E-state index is 0.247. The first-order valence-corrected chi connectivity index (χ1v) is 8.33. The molecule has 1 aromatic carbocycles. The lowest BCUT2D eigenvalue weighted by Gasteiger charge is -2.14. The Kier molecular flexibility index (Phi) is 4.98. The van der Waals surface area contributed by atoms with Gasteiger partial charge in [0.1, 0.15) is 0 Å². The van der Waals surface area contributed by atoms with Gasteiger partial charge in [-0.2, -0.15) is 5.10 Å². The van der Waals surface area contributed by atoms with E-state index in [1.807, 2.05) is 13.8 Å². The average molecular weight is 308 g/mol. The molecule has 0 saturated carbocycles. The zero-order chi connectivity index (χ0) is 15.3. The van der Waals surface area contributed by atoms with E-state index < -0.39 is 10.0 Å². The van der Waals surface area contributed by atoms with Crippen LogP contribution in [0.3, 0.4) is 0 Å². The van der Waals surface area contributed by atoms with E-state index in [0.29, 0.717) is 6.54 Å². The van der Waals surface area contributed by atoms with Gasteiger partial charge in [-0.1, -0.05) is 0 Å². The molecule has 0 aliphatic carbocycles. The molecule has 6 nitrogen and oxygen atoms in total. The highest BCUT2D eigenvalue weighted by Gasteiger charge is 2.17. The molecule has 2 N–H and O–H groups in total. The fraction of sp³-hybridized carbons (Fsp3) is 0.357. The SMILES string of the molecule is CCNc1ccc(S(=O)(=O)NC(C)Cn2cccn2)cc1. The summed E-state index contributed by atoms with van der Waals surface area (Å²) in [4.78, 5) is 0.261. The highest BCUT2D eigenvalue weighted by Crippen LogP contribution is 2.14. The van der Waals surface area contributed by atoms with Gasteiger partial charge in [-0.25, -0.2) is 13.1 Å². The molecule has 1 heterocycles. The molecule has 0 bridgehead atoms. The molecule has 2 aromatic rings. The Bertz CT molecular complexity index is 651. The topological polar surface area (TPSA) is 76.0 Å². The van der Waals surface area contributed by atoms with Crippen LogP contribution in [0, 0.1) is 0 Å². The van der Waals surface area contributed by atoms with Crippen LogP contribution >= 0.6 is 0 Å². The largest absolute Gasteiger partial charge is 0.385 e. The maximum Gasteiger partial charge on any atom is 0.240 e. The molecule has 21 heavy (non-hydrogen) atoms. The molecule has 1 aromatic heterocycles. The first-order chi connectivity index (χ1) is 10.0. The zero-order valence-corrected chi connectivity index (χ0v) is 13.0. The molecule has 0 aliphatic rings. The van der Waals surface area contributed by atoms with Crippen molar-refractivity contribution >= 4 is 15.7 Å². The monoisotopic (exact) mass is 308 g/mol. The quantitative estimate of drug-likeness (QED) is 0.816. The maximum absolute atomic E-state index is 12.3. The van der Waals surface area contributed by atoms with Crippen molar-refractivity contribution in [2.24, 2.45) is 0 Å². The van der Waals surface area contributed by atoms with Gasteiger partial charge in [-0.15, -0.1) is 0 Å². The molecule has 1 atom stereocenters. The number of nitrogens with one attached hydrogen (secondary N) is 2. The van der Waals surface area contributed by atoms with E-state index in [2.05, 4.69) is 15.1 Å². The van der Waals surface area contributed by atoms with Crippen LogP contribution < -0.4 is 10.0 Å². The van der Waals surface area contributed by atoms with Gasteiger partial charge in [0.15, 0.2) is 0 Å². The smallest absolute Gasteiger partial charge is 0.240 e. The molecule has 0 fully saturated rings. The van der Waals surface area contributed by atoms with E-state index in [-0.39, 0.29) is 10.9 Å². The van der Waals surface area contributed by atoms with Crippen molar-refractivity contribution in [2.45, 2.75) is 31.3 Å². The minimum atomic E-state index is -3.51. The Morgan fingerprint density at radius 2 is 2.00 bits per heavy atom. The molecule has 0 aliphatic heterocycles. The van der Waals surface area contributed by atoms with Crippen LogP contribution in [0.5, 0.6) is 0 Å². The third-order valence-electron chi connectivity index (χ3n) is 2.92. The Labute approximate surface area is 125 Å². The number of benzene rings is 1. The molecule has 2 rings (SSSR count). The van der Waals surface area contributed by atoms with Crippen LogP contribution in [0.1, 0.15) is 13.8 Å². The summed E-state index contributed by atoms with van der Waals surface area (Å²) in [6, 6.07) is 8.28. The number of anilines is 1. The first kappa shape index (κ1) is 15.5. The lowest BCUT2D eigenvalue weighted by Crippen LogP contribution is -2.35. The van der Waals surface area contributed by atoms with Gasteiger partial charge in [-0.3, -0.25) is 4.68 Å². The van der Waals surface area contributed by atoms with Crippen LogP contribution in [-0.4, -0.2) is 30.8 Å². The maximum atomic E-state index is 12.3. The number of aromatic nitrogens is 2. The summed E-state index contributed by atoms with van der Waals surface area (Å²) in [6.07, 6.45) is 3.47. The van der Waals surface area contributed by atoms with Crippen molar-refractivity contribution in [1.29, 1.82) is 0 Å². The molecule has 0 radical (unpaired) electrons. The summed E-state index contributed by atoms with van der Waals surface area (Å²) < 4.78 is 28.9. The molecular weight excluding hydrogens is 288 g/mol. The third kappa shape index (κ3) is 4.30. The van der Waals surface area contributed by atoms with Crippen LogP contribution in [0.4, 0.5) is 5.69 Å². The lowest BCUT2D eigenvalue weighted by atomic mass is 10.3. The molecule has 114 valence electrons. The van der Waals surface area contributed by atoms with Crippen LogP contribution in [0.2, 0.25) is 0 Å². The second kappa shape index (κ2) is 6.73. The number of sulfonamides is 1. The van der Waals surface area contributed by atoms with Gasteiger partial charge in [0.05, 0.1) is 11.4 Å². The van der Waals surface area contributed by atoms with Gasteiger partial charge >= 0.3 is 0 Å². The minimum Gasteiger partial charge on any atom is -0.385 e. The predicted octanol–water partition coefficient (Wildman–Crippen LogP) is 1.68. The van der Waals surface area contributed by atoms with E-state index in [9.17, 15) is 8.42 Å². The molecule has 7 heteroatoms. The number of hydrogen-bond donors (Lipinski definition) is 2. The summed E-state index contributed by atoms with van der Waals surface area (Å²) in [5, 5.41) is 7.19. The summed E-state index contributed by atoms with van der Waals surface area (Å²) >= 11 is 0. The fourth-order valence-electron chi connectivity index (χ4n) is 2.02. The van der Waals surface area contributed by atoms with Gasteiger partial charge in [-0.05, 0) is 44.2 Å². The second-order valence-corrected chi connectivity index (χ2v) is 6.52. The van der Waals surface area contributed by atoms with Crippen molar-refractivity contribution in [3.8, 4) is 0 Å². The normalized spacial score (nSPS) is 13.0. The number of rotatable bonds is 7. The fourth-order valence-corrected chi connectivity index (χ4v) is 3.25. The summed E-state index contributed by atoms with van der Waals surface area (Å²) in [6.45, 7) is 5.09. The van der Waals surface area contributed by atoms with Crippen molar-refractivity contribution in [1.82, 2.24) is 14.5 Å². The lowest BCUT2D eigenvalue weighted by molar-refractivity contribution is 0.494. The number of hydrogen-bond acceptors (Lipinski definition) is 4. The van der Waals surface area contributed by atoms with Crippen molar-refractivity contribution in [3.63, 3.8) is 0 Å². The van der Waals surface area contributed by atoms with Crippen LogP contribution in [0.25, 0.3) is 0 Å². The molecule has 0 spiro atoms. The summed E-state index contributed by atoms with van der Waals surface area (Å²) in [5.41, 5.74) is 0.904. The Hall–Kier alpha value is -1.86. The van der Waals surface area contributed by atoms with E-state index >= 15 is 0 Å². The van der Waals surface area contributed by atoms with Gasteiger partial charge in [0.2, 0.25) is 10.0 Å². The van der Waals surface area contributed by atoms with Crippen LogP contribution in [-0.2, 0) is 16.6 Å². The van der Waals surface area contributed by atoms with Crippen LogP contribution in [0.15, 0.2) is 47.6 Å². The molecule has 0 amide bonds. The molecule has 1 unspecified atom stereocenters. The van der Waals surface area contributed by atoms with Crippen molar-refractivity contribution in [3.05, 3.63) is 42.7 Å². The van der Waals surface area contributed by atoms with Crippen molar-refractivity contribution < 1.29 is 8.42 Å². The van der Waals surface area contributed by atoms with E-state index in [0.717, 1.165) is 12.2 Å². The summed E-state index contributed by atoms with van der Waals surface area (Å²) in [7, 11) is -3.51. The molecular formula is C14H20N4O2S. The van der Waals surface area contributed by atoms with Crippen molar-refractivity contribution in [2.75, 3.05) is 11.9 Å². The number of nitrogens with zero attached hydrogens (tertiary/aromatic N) is 2. The predicted molar refractivity (Wildman–Crippen MR) is 82.6 cm³/mol. The average Bonchev–Trinajstić information content (AvgIpc) is 2.92. The van der Waals surface area contributed by atoms with E-state index in [1.54, 1.807) is 47.4 Å². The summed E-state index contributed by atoms with van der Waals surface area (Å²) in [5.74, 6) is 0. The Morgan fingerprint density at radius 1 is 1.29 bits per heavy atom. The van der Waals surface area contributed by atoms with Gasteiger partial charge in [0.25, 0.3) is 0 Å². The third-order valence-corrected chi connectivity index (χ3v) is 4.53. The molecule has 0 saturated heterocycles.